The highest BCUT2D eigenvalue weighted by Gasteiger charge is 2.37. The number of nitrogens with one attached hydrogen (secondary N) is 1. The van der Waals surface area contributed by atoms with Crippen LogP contribution in [0.25, 0.3) is 0 Å². The number of para-hydroxylation sites is 1. The minimum absolute atomic E-state index is 0.0140. The van der Waals surface area contributed by atoms with Crippen molar-refractivity contribution in [2.75, 3.05) is 20.2 Å². The number of aliphatic carboxylic acids is 1. The van der Waals surface area contributed by atoms with Crippen LogP contribution in [-0.4, -0.2) is 54.2 Å². The van der Waals surface area contributed by atoms with Crippen LogP contribution in [0, 0.1) is 5.92 Å². The second-order valence-electron chi connectivity index (χ2n) is 7.14. The fourth-order valence-corrected chi connectivity index (χ4v) is 3.45. The number of carbonyl (C=O) groups is 2. The lowest BCUT2D eigenvalue weighted by Crippen LogP contribution is -2.55. The van der Waals surface area contributed by atoms with E-state index in [9.17, 15) is 9.59 Å². The number of amides is 1. The number of ether oxygens (including phenoxy) is 1. The molecule has 0 radical (unpaired) electrons. The van der Waals surface area contributed by atoms with Crippen LogP contribution in [0.5, 0.6) is 5.75 Å². The maximum Gasteiger partial charge on any atom is 0.317 e. The van der Waals surface area contributed by atoms with Crippen LogP contribution in [0.2, 0.25) is 0 Å². The molecule has 0 aromatic heterocycles. The average Bonchev–Trinajstić information content (AvgIpc) is 3.34. The fraction of sp³-hybridized carbons (Fsp3) is 0.579. The molecule has 2 aliphatic rings. The molecule has 0 saturated heterocycles. The summed E-state index contributed by atoms with van der Waals surface area (Å²) in [6, 6.07) is 7.94. The third kappa shape index (κ3) is 4.95. The van der Waals surface area contributed by atoms with E-state index in [0.717, 1.165) is 30.7 Å². The Labute approximate surface area is 148 Å². The first-order valence-corrected chi connectivity index (χ1v) is 8.92. The van der Waals surface area contributed by atoms with Gasteiger partial charge in [-0.05, 0) is 37.7 Å². The number of carboxylic acid groups (broad SMARTS) is 1. The van der Waals surface area contributed by atoms with Gasteiger partial charge >= 0.3 is 5.97 Å². The molecule has 136 valence electrons. The minimum atomic E-state index is -0.774. The minimum Gasteiger partial charge on any atom is -0.496 e. The van der Waals surface area contributed by atoms with Crippen molar-refractivity contribution in [1.82, 2.24) is 10.2 Å². The van der Waals surface area contributed by atoms with Gasteiger partial charge in [0.25, 0.3) is 0 Å². The van der Waals surface area contributed by atoms with E-state index in [4.69, 9.17) is 9.84 Å². The molecule has 6 nitrogen and oxygen atoms in total. The van der Waals surface area contributed by atoms with Gasteiger partial charge < -0.3 is 15.2 Å². The zero-order chi connectivity index (χ0) is 17.8. The number of nitrogens with zero attached hydrogens (tertiary/aromatic N) is 1. The number of benzene rings is 1. The molecule has 6 heteroatoms. The normalized spacial score (nSPS) is 22.3. The molecule has 0 unspecified atom stereocenters. The van der Waals surface area contributed by atoms with E-state index in [1.165, 1.54) is 12.8 Å². The molecule has 1 aromatic rings. The Balaban J connectivity index is 1.45. The standard InChI is InChI=1S/C19H26N2O4/c1-25-17-5-3-2-4-14(17)8-18(22)20-15-9-16(10-15)21(12-19(23)24)11-13-6-7-13/h2-5,13,15-16H,6-12H2,1H3,(H,20,22)(H,23,24). The lowest BCUT2D eigenvalue weighted by Gasteiger charge is -2.42. The van der Waals surface area contributed by atoms with Crippen LogP contribution in [-0.2, 0) is 16.0 Å². The second kappa shape index (κ2) is 7.87. The Bertz CT molecular complexity index is 624. The fourth-order valence-electron chi connectivity index (χ4n) is 3.45. The molecule has 2 N–H and O–H groups in total. The summed E-state index contributed by atoms with van der Waals surface area (Å²) in [5.74, 6) is 0.601. The topological polar surface area (TPSA) is 78.9 Å². The molecular formula is C19H26N2O4. The monoisotopic (exact) mass is 346 g/mol. The van der Waals surface area contributed by atoms with Gasteiger partial charge in [0.2, 0.25) is 5.91 Å². The molecule has 2 aliphatic carbocycles. The molecule has 0 aliphatic heterocycles. The SMILES string of the molecule is COc1ccccc1CC(=O)NC1CC(N(CC(=O)O)CC2CC2)C1. The number of hydrogen-bond donors (Lipinski definition) is 2. The van der Waals surface area contributed by atoms with Gasteiger partial charge in [0, 0.05) is 24.2 Å². The predicted octanol–water partition coefficient (Wildman–Crippen LogP) is 1.68. The van der Waals surface area contributed by atoms with Crippen LogP contribution in [0.1, 0.15) is 31.2 Å². The van der Waals surface area contributed by atoms with Gasteiger partial charge in [0.05, 0.1) is 20.1 Å². The maximum atomic E-state index is 12.3. The zero-order valence-corrected chi connectivity index (χ0v) is 14.6. The Morgan fingerprint density at radius 3 is 2.64 bits per heavy atom. The van der Waals surface area contributed by atoms with Crippen molar-refractivity contribution < 1.29 is 19.4 Å². The summed E-state index contributed by atoms with van der Waals surface area (Å²) in [5.41, 5.74) is 0.875. The van der Waals surface area contributed by atoms with E-state index in [1.54, 1.807) is 7.11 Å². The molecule has 1 aromatic carbocycles. The van der Waals surface area contributed by atoms with E-state index in [-0.39, 0.29) is 24.5 Å². The molecule has 0 atom stereocenters. The first-order valence-electron chi connectivity index (χ1n) is 8.92. The average molecular weight is 346 g/mol. The van der Waals surface area contributed by atoms with Crippen molar-refractivity contribution in [2.45, 2.75) is 44.2 Å². The molecule has 3 rings (SSSR count). The third-order valence-corrected chi connectivity index (χ3v) is 5.07. The molecular weight excluding hydrogens is 320 g/mol. The lowest BCUT2D eigenvalue weighted by atomic mass is 9.85. The summed E-state index contributed by atoms with van der Waals surface area (Å²) in [6.45, 7) is 0.974. The number of hydrogen-bond acceptors (Lipinski definition) is 4. The molecule has 0 heterocycles. The van der Waals surface area contributed by atoms with Crippen LogP contribution < -0.4 is 10.1 Å². The van der Waals surface area contributed by atoms with Gasteiger partial charge in [-0.1, -0.05) is 18.2 Å². The van der Waals surface area contributed by atoms with Crippen LogP contribution in [0.15, 0.2) is 24.3 Å². The van der Waals surface area contributed by atoms with E-state index in [0.29, 0.717) is 12.3 Å². The maximum absolute atomic E-state index is 12.3. The number of rotatable bonds is 9. The molecule has 0 spiro atoms. The van der Waals surface area contributed by atoms with Crippen molar-refractivity contribution in [1.29, 1.82) is 0 Å². The Morgan fingerprint density at radius 1 is 1.28 bits per heavy atom. The summed E-state index contributed by atoms with van der Waals surface area (Å²) in [4.78, 5) is 25.4. The van der Waals surface area contributed by atoms with Gasteiger partial charge in [0.1, 0.15) is 5.75 Å². The molecule has 1 amide bonds. The highest BCUT2D eigenvalue weighted by Crippen LogP contribution is 2.33. The number of carboxylic acids is 1. The van der Waals surface area contributed by atoms with Gasteiger partial charge in [-0.15, -0.1) is 0 Å². The first kappa shape index (κ1) is 17.7. The summed E-state index contributed by atoms with van der Waals surface area (Å²) in [6.07, 6.45) is 4.38. The number of methoxy groups -OCH3 is 1. The Kier molecular flexibility index (Phi) is 5.58. The lowest BCUT2D eigenvalue weighted by molar-refractivity contribution is -0.140. The highest BCUT2D eigenvalue weighted by atomic mass is 16.5. The van der Waals surface area contributed by atoms with E-state index in [1.807, 2.05) is 24.3 Å². The summed E-state index contributed by atoms with van der Waals surface area (Å²) in [5, 5.41) is 12.1. The van der Waals surface area contributed by atoms with Crippen LogP contribution >= 0.6 is 0 Å². The van der Waals surface area contributed by atoms with Gasteiger partial charge in [-0.25, -0.2) is 0 Å². The van der Waals surface area contributed by atoms with Crippen molar-refractivity contribution in [2.24, 2.45) is 5.92 Å². The largest absolute Gasteiger partial charge is 0.496 e. The molecule has 2 saturated carbocycles. The molecule has 2 fully saturated rings. The van der Waals surface area contributed by atoms with Crippen LogP contribution in [0.3, 0.4) is 0 Å². The summed E-state index contributed by atoms with van der Waals surface area (Å²) >= 11 is 0. The van der Waals surface area contributed by atoms with Crippen molar-refractivity contribution in [3.8, 4) is 5.75 Å². The Morgan fingerprint density at radius 2 is 2.00 bits per heavy atom. The quantitative estimate of drug-likeness (QED) is 0.711. The summed E-state index contributed by atoms with van der Waals surface area (Å²) in [7, 11) is 1.60. The van der Waals surface area contributed by atoms with Crippen molar-refractivity contribution in [3.05, 3.63) is 29.8 Å². The summed E-state index contributed by atoms with van der Waals surface area (Å²) < 4.78 is 5.28. The van der Waals surface area contributed by atoms with E-state index in [2.05, 4.69) is 10.2 Å². The second-order valence-corrected chi connectivity index (χ2v) is 7.14. The Hall–Kier alpha value is -2.08. The van der Waals surface area contributed by atoms with Gasteiger partial charge in [-0.3, -0.25) is 14.5 Å². The molecule has 25 heavy (non-hydrogen) atoms. The number of carbonyl (C=O) groups excluding carboxylic acids is 1. The first-order chi connectivity index (χ1) is 12.0. The predicted molar refractivity (Wildman–Crippen MR) is 93.6 cm³/mol. The van der Waals surface area contributed by atoms with E-state index < -0.39 is 5.97 Å². The highest BCUT2D eigenvalue weighted by molar-refractivity contribution is 5.79. The smallest absolute Gasteiger partial charge is 0.317 e. The van der Waals surface area contributed by atoms with Crippen molar-refractivity contribution in [3.63, 3.8) is 0 Å². The zero-order valence-electron chi connectivity index (χ0n) is 14.6. The van der Waals surface area contributed by atoms with E-state index >= 15 is 0 Å². The van der Waals surface area contributed by atoms with Gasteiger partial charge in [-0.2, -0.15) is 0 Å². The van der Waals surface area contributed by atoms with Crippen LogP contribution in [0.4, 0.5) is 0 Å². The van der Waals surface area contributed by atoms with Crippen molar-refractivity contribution >= 4 is 11.9 Å². The van der Waals surface area contributed by atoms with Gasteiger partial charge in [0.15, 0.2) is 0 Å². The third-order valence-electron chi connectivity index (χ3n) is 5.07. The molecule has 0 bridgehead atoms.